The van der Waals surface area contributed by atoms with Crippen LogP contribution < -0.4 is 15.4 Å². The number of fused-ring (bicyclic) bond motifs is 1. The van der Waals surface area contributed by atoms with Crippen LogP contribution in [-0.4, -0.2) is 35.0 Å². The lowest BCUT2D eigenvalue weighted by atomic mass is 10.2. The van der Waals surface area contributed by atoms with Crippen molar-refractivity contribution < 1.29 is 14.3 Å². The number of benzene rings is 1. The van der Waals surface area contributed by atoms with Crippen molar-refractivity contribution in [1.82, 2.24) is 9.88 Å². The Morgan fingerprint density at radius 2 is 2.03 bits per heavy atom. The predicted molar refractivity (Wildman–Crippen MR) is 113 cm³/mol. The van der Waals surface area contributed by atoms with Crippen molar-refractivity contribution in [3.8, 4) is 5.75 Å². The van der Waals surface area contributed by atoms with E-state index in [0.29, 0.717) is 31.2 Å². The number of carbonyl (C=O) groups excluding carboxylic acids is 2. The number of nitrogens with one attached hydrogen (secondary N) is 2. The summed E-state index contributed by atoms with van der Waals surface area (Å²) in [5, 5.41) is 6.50. The largest absolute Gasteiger partial charge is 0.494 e. The number of rotatable bonds is 7. The third-order valence-electron chi connectivity index (χ3n) is 5.07. The van der Waals surface area contributed by atoms with Crippen molar-refractivity contribution in [2.75, 3.05) is 23.8 Å². The van der Waals surface area contributed by atoms with Gasteiger partial charge in [0.25, 0.3) is 0 Å². The van der Waals surface area contributed by atoms with Gasteiger partial charge in [-0.05, 0) is 43.5 Å². The Morgan fingerprint density at radius 3 is 2.76 bits per heavy atom. The van der Waals surface area contributed by atoms with Gasteiger partial charge in [0.15, 0.2) is 5.13 Å². The molecule has 0 bridgehead atoms. The van der Waals surface area contributed by atoms with E-state index in [9.17, 15) is 9.59 Å². The van der Waals surface area contributed by atoms with Gasteiger partial charge in [-0.15, -0.1) is 0 Å². The molecule has 7 nitrogen and oxygen atoms in total. The van der Waals surface area contributed by atoms with Crippen LogP contribution in [0, 0.1) is 5.92 Å². The molecule has 0 unspecified atom stereocenters. The number of hydrogen-bond donors (Lipinski definition) is 2. The van der Waals surface area contributed by atoms with E-state index < -0.39 is 0 Å². The van der Waals surface area contributed by atoms with Crippen molar-refractivity contribution in [3.05, 3.63) is 34.8 Å². The number of unbranched alkanes of at least 4 members (excludes halogenated alkanes) is 1. The van der Waals surface area contributed by atoms with Crippen molar-refractivity contribution in [2.24, 2.45) is 5.92 Å². The molecule has 1 aliphatic carbocycles. The summed E-state index contributed by atoms with van der Waals surface area (Å²) in [6.07, 6.45) is 4.76. The topological polar surface area (TPSA) is 83.6 Å². The molecule has 1 aromatic heterocycles. The van der Waals surface area contributed by atoms with Gasteiger partial charge in [0.05, 0.1) is 18.8 Å². The molecule has 0 saturated heterocycles. The second-order valence-electron chi connectivity index (χ2n) is 7.48. The van der Waals surface area contributed by atoms with Gasteiger partial charge in [0, 0.05) is 29.4 Å². The summed E-state index contributed by atoms with van der Waals surface area (Å²) in [7, 11) is 0. The highest BCUT2D eigenvalue weighted by Gasteiger charge is 2.31. The van der Waals surface area contributed by atoms with Gasteiger partial charge in [-0.25, -0.2) is 9.78 Å². The van der Waals surface area contributed by atoms with Crippen LogP contribution in [-0.2, 0) is 17.8 Å². The van der Waals surface area contributed by atoms with Crippen LogP contribution in [0.5, 0.6) is 5.75 Å². The molecule has 2 heterocycles. The van der Waals surface area contributed by atoms with Crippen LogP contribution in [0.2, 0.25) is 0 Å². The quantitative estimate of drug-likeness (QED) is 0.663. The molecule has 0 atom stereocenters. The first-order valence-corrected chi connectivity index (χ1v) is 11.0. The second kappa shape index (κ2) is 8.82. The molecule has 0 radical (unpaired) electrons. The van der Waals surface area contributed by atoms with Crippen LogP contribution in [0.15, 0.2) is 24.3 Å². The van der Waals surface area contributed by atoms with Gasteiger partial charge in [-0.2, -0.15) is 0 Å². The van der Waals surface area contributed by atoms with E-state index in [1.807, 2.05) is 24.3 Å². The average Bonchev–Trinajstić information content (AvgIpc) is 3.49. The number of urea groups is 1. The Hall–Kier alpha value is -2.61. The number of aromatic nitrogens is 1. The van der Waals surface area contributed by atoms with Gasteiger partial charge in [-0.3, -0.25) is 4.79 Å². The van der Waals surface area contributed by atoms with Gasteiger partial charge >= 0.3 is 6.03 Å². The monoisotopic (exact) mass is 414 g/mol. The molecule has 8 heteroatoms. The van der Waals surface area contributed by atoms with Crippen molar-refractivity contribution in [1.29, 1.82) is 0 Å². The second-order valence-corrected chi connectivity index (χ2v) is 8.56. The molecule has 29 heavy (non-hydrogen) atoms. The zero-order valence-corrected chi connectivity index (χ0v) is 17.4. The van der Waals surface area contributed by atoms with E-state index in [-0.39, 0.29) is 17.9 Å². The molecule has 1 fully saturated rings. The zero-order chi connectivity index (χ0) is 20.2. The highest BCUT2D eigenvalue weighted by Crippen LogP contribution is 2.33. The molecule has 0 spiro atoms. The summed E-state index contributed by atoms with van der Waals surface area (Å²) in [6, 6.07) is 7.32. The summed E-state index contributed by atoms with van der Waals surface area (Å²) in [5.74, 6) is 1.03. The first-order chi connectivity index (χ1) is 14.1. The van der Waals surface area contributed by atoms with Crippen molar-refractivity contribution >= 4 is 34.1 Å². The maximum absolute atomic E-state index is 12.7. The van der Waals surface area contributed by atoms with E-state index >= 15 is 0 Å². The van der Waals surface area contributed by atoms with Gasteiger partial charge in [0.2, 0.25) is 5.91 Å². The molecular formula is C21H26N4O3S. The third kappa shape index (κ3) is 5.06. The Morgan fingerprint density at radius 1 is 1.24 bits per heavy atom. The van der Waals surface area contributed by atoms with Crippen LogP contribution in [0.1, 0.15) is 43.2 Å². The van der Waals surface area contributed by atoms with Gasteiger partial charge in [-0.1, -0.05) is 24.7 Å². The van der Waals surface area contributed by atoms with Gasteiger partial charge < -0.3 is 20.3 Å². The summed E-state index contributed by atoms with van der Waals surface area (Å²) < 4.78 is 5.65. The minimum atomic E-state index is -0.132. The maximum Gasteiger partial charge on any atom is 0.322 e. The summed E-state index contributed by atoms with van der Waals surface area (Å²) >= 11 is 1.47. The lowest BCUT2D eigenvalue weighted by Gasteiger charge is -2.26. The molecule has 1 aromatic carbocycles. The van der Waals surface area contributed by atoms with Crippen molar-refractivity contribution in [2.45, 2.75) is 45.6 Å². The van der Waals surface area contributed by atoms with Crippen LogP contribution in [0.3, 0.4) is 0 Å². The fraction of sp³-hybridized carbons (Fsp3) is 0.476. The fourth-order valence-corrected chi connectivity index (χ4v) is 4.17. The number of thiazole rings is 1. The minimum absolute atomic E-state index is 0.0628. The SMILES string of the molecule is CCCCOc1ccc(NC(=O)N2CCc3nc(NC(=O)C4CC4)sc3C2)cc1. The first-order valence-electron chi connectivity index (χ1n) is 10.2. The lowest BCUT2D eigenvalue weighted by Crippen LogP contribution is -2.38. The Kier molecular flexibility index (Phi) is 5.99. The molecular weight excluding hydrogens is 388 g/mol. The van der Waals surface area contributed by atoms with Gasteiger partial charge in [0.1, 0.15) is 5.75 Å². The lowest BCUT2D eigenvalue weighted by molar-refractivity contribution is -0.117. The molecule has 4 rings (SSSR count). The number of anilines is 2. The average molecular weight is 415 g/mol. The Bertz CT molecular complexity index is 877. The molecule has 2 aliphatic rings. The summed E-state index contributed by atoms with van der Waals surface area (Å²) in [6.45, 7) is 3.95. The van der Waals surface area contributed by atoms with E-state index in [4.69, 9.17) is 4.74 Å². The van der Waals surface area contributed by atoms with Crippen LogP contribution in [0.25, 0.3) is 0 Å². The number of carbonyl (C=O) groups is 2. The normalized spacial score (nSPS) is 15.6. The summed E-state index contributed by atoms with van der Waals surface area (Å²) in [5.41, 5.74) is 1.73. The molecule has 1 aliphatic heterocycles. The molecule has 2 N–H and O–H groups in total. The number of nitrogens with zero attached hydrogens (tertiary/aromatic N) is 2. The standard InChI is InChI=1S/C21H26N4O3S/c1-2-3-12-28-16-8-6-15(7-9-16)22-21(27)25-11-10-17-18(13-25)29-20(23-17)24-19(26)14-4-5-14/h6-9,14H,2-5,10-13H2,1H3,(H,22,27)(H,23,24,26). The highest BCUT2D eigenvalue weighted by molar-refractivity contribution is 7.15. The maximum atomic E-state index is 12.7. The first kappa shape index (κ1) is 19.7. The number of hydrogen-bond acceptors (Lipinski definition) is 5. The van der Waals surface area contributed by atoms with E-state index in [1.165, 1.54) is 11.3 Å². The number of amides is 3. The number of ether oxygens (including phenoxy) is 1. The van der Waals surface area contributed by atoms with Crippen LogP contribution >= 0.6 is 11.3 Å². The zero-order valence-electron chi connectivity index (χ0n) is 16.6. The molecule has 154 valence electrons. The fourth-order valence-electron chi connectivity index (χ4n) is 3.15. The van der Waals surface area contributed by atoms with E-state index in [0.717, 1.165) is 47.7 Å². The molecule has 2 aromatic rings. The molecule has 3 amide bonds. The van der Waals surface area contributed by atoms with E-state index in [2.05, 4.69) is 22.5 Å². The van der Waals surface area contributed by atoms with Crippen LogP contribution in [0.4, 0.5) is 15.6 Å². The smallest absolute Gasteiger partial charge is 0.322 e. The highest BCUT2D eigenvalue weighted by atomic mass is 32.1. The third-order valence-corrected chi connectivity index (χ3v) is 6.07. The predicted octanol–water partition coefficient (Wildman–Crippen LogP) is 4.26. The summed E-state index contributed by atoms with van der Waals surface area (Å²) in [4.78, 5) is 31.9. The minimum Gasteiger partial charge on any atom is -0.494 e. The Balaban J connectivity index is 1.31. The van der Waals surface area contributed by atoms with Crippen molar-refractivity contribution in [3.63, 3.8) is 0 Å². The molecule has 1 saturated carbocycles. The van der Waals surface area contributed by atoms with E-state index in [1.54, 1.807) is 4.90 Å². The Labute approximate surface area is 174 Å².